The molecule has 4 rings (SSSR count). The van der Waals surface area contributed by atoms with Gasteiger partial charge in [-0.1, -0.05) is 12.1 Å². The molecule has 2 heterocycles. The summed E-state index contributed by atoms with van der Waals surface area (Å²) in [4.78, 5) is 18.5. The number of esters is 1. The number of hydrogen-bond donors (Lipinski definition) is 2. The first-order chi connectivity index (χ1) is 15.2. The van der Waals surface area contributed by atoms with Crippen molar-refractivity contribution in [3.63, 3.8) is 0 Å². The third kappa shape index (κ3) is 4.16. The molecular formula is C25H25N3O3S. The first-order valence-electron chi connectivity index (χ1n) is 10.4. The maximum atomic E-state index is 12.1. The van der Waals surface area contributed by atoms with Crippen molar-refractivity contribution in [1.82, 2.24) is 4.98 Å². The van der Waals surface area contributed by atoms with E-state index in [1.54, 1.807) is 43.0 Å². The molecule has 0 saturated heterocycles. The highest BCUT2D eigenvalue weighted by atomic mass is 32.1. The van der Waals surface area contributed by atoms with Gasteiger partial charge in [0.2, 0.25) is 0 Å². The summed E-state index contributed by atoms with van der Waals surface area (Å²) in [7, 11) is 0. The number of ether oxygens (including phenoxy) is 1. The molecule has 1 aliphatic rings. The Morgan fingerprint density at radius 3 is 2.53 bits per heavy atom. The van der Waals surface area contributed by atoms with E-state index in [1.807, 2.05) is 11.4 Å². The Hall–Kier alpha value is -3.45. The number of carbonyl (C=O) groups excluding carboxylic acids is 1. The summed E-state index contributed by atoms with van der Waals surface area (Å²) in [5.74, 6) is -0.0911. The fourth-order valence-corrected chi connectivity index (χ4v) is 4.40. The molecule has 0 spiro atoms. The number of thiazole rings is 1. The first kappa shape index (κ1) is 21.8. The van der Waals surface area contributed by atoms with Gasteiger partial charge in [-0.2, -0.15) is 0 Å². The second-order valence-electron chi connectivity index (χ2n) is 8.09. The van der Waals surface area contributed by atoms with Crippen molar-refractivity contribution in [2.24, 2.45) is 0 Å². The maximum Gasteiger partial charge on any atom is 0.338 e. The Kier molecular flexibility index (Phi) is 5.84. The third-order valence-electron chi connectivity index (χ3n) is 5.38. The zero-order valence-electron chi connectivity index (χ0n) is 18.5. The van der Waals surface area contributed by atoms with Crippen LogP contribution in [0.15, 0.2) is 53.6 Å². The second-order valence-corrected chi connectivity index (χ2v) is 8.95. The van der Waals surface area contributed by atoms with Crippen molar-refractivity contribution in [3.05, 3.63) is 75.3 Å². The SMILES string of the molecule is Cc1ccc(-c2csc(C3=C(O)CN(c4ccc(C(=O)OC(C)C)cc4)C3=N)n2)cc1C. The highest BCUT2D eigenvalue weighted by Crippen LogP contribution is 2.34. The lowest BCUT2D eigenvalue weighted by molar-refractivity contribution is 0.0378. The molecule has 2 aromatic carbocycles. The number of benzene rings is 2. The molecule has 32 heavy (non-hydrogen) atoms. The first-order valence-corrected chi connectivity index (χ1v) is 11.3. The third-order valence-corrected chi connectivity index (χ3v) is 6.24. The van der Waals surface area contributed by atoms with E-state index < -0.39 is 0 Å². The van der Waals surface area contributed by atoms with Crippen LogP contribution in [0.5, 0.6) is 0 Å². The lowest BCUT2D eigenvalue weighted by Crippen LogP contribution is -2.26. The van der Waals surface area contributed by atoms with Gasteiger partial charge in [0.25, 0.3) is 0 Å². The lowest BCUT2D eigenvalue weighted by Gasteiger charge is -2.19. The van der Waals surface area contributed by atoms with Crippen LogP contribution in [0.1, 0.15) is 40.3 Å². The van der Waals surface area contributed by atoms with Crippen LogP contribution in [0.4, 0.5) is 5.69 Å². The van der Waals surface area contributed by atoms with Crippen molar-refractivity contribution in [1.29, 1.82) is 5.41 Å². The number of aromatic nitrogens is 1. The van der Waals surface area contributed by atoms with E-state index in [0.717, 1.165) is 11.3 Å². The number of hydrogen-bond acceptors (Lipinski definition) is 6. The van der Waals surface area contributed by atoms with Gasteiger partial charge in [-0.05, 0) is 69.2 Å². The second kappa shape index (κ2) is 8.59. The van der Waals surface area contributed by atoms with Gasteiger partial charge in [0.05, 0.1) is 29.5 Å². The van der Waals surface area contributed by atoms with Crippen LogP contribution in [0.25, 0.3) is 16.8 Å². The molecule has 0 radical (unpaired) electrons. The average Bonchev–Trinajstić information content (AvgIpc) is 3.34. The van der Waals surface area contributed by atoms with Crippen LogP contribution in [0, 0.1) is 19.3 Å². The van der Waals surface area contributed by atoms with E-state index in [-0.39, 0.29) is 30.2 Å². The largest absolute Gasteiger partial charge is 0.510 e. The van der Waals surface area contributed by atoms with Gasteiger partial charge in [0.15, 0.2) is 0 Å². The van der Waals surface area contributed by atoms with Gasteiger partial charge < -0.3 is 14.7 Å². The fraction of sp³-hybridized carbons (Fsp3) is 0.240. The van der Waals surface area contributed by atoms with Crippen molar-refractivity contribution in [3.8, 4) is 11.3 Å². The molecule has 3 aromatic rings. The minimum absolute atomic E-state index is 0.110. The molecule has 1 aromatic heterocycles. The number of rotatable bonds is 5. The van der Waals surface area contributed by atoms with E-state index in [0.29, 0.717) is 21.8 Å². The van der Waals surface area contributed by atoms with E-state index in [1.165, 1.54) is 22.5 Å². The standard InChI is InChI=1S/C25H25N3O3S/c1-14(2)31-25(30)17-7-9-19(10-8-17)28-12-21(29)22(23(28)26)24-27-20(13-32-24)18-6-5-15(3)16(4)11-18/h5-11,13-14,26,29H,12H2,1-4H3. The number of aliphatic hydroxyl groups excluding tert-OH is 1. The topological polar surface area (TPSA) is 86.5 Å². The molecule has 164 valence electrons. The number of amidine groups is 1. The number of carbonyl (C=O) groups is 1. The highest BCUT2D eigenvalue weighted by molar-refractivity contribution is 7.11. The maximum absolute atomic E-state index is 12.1. The van der Waals surface area contributed by atoms with Crippen LogP contribution in [0.2, 0.25) is 0 Å². The monoisotopic (exact) mass is 447 g/mol. The molecular weight excluding hydrogens is 422 g/mol. The predicted octanol–water partition coefficient (Wildman–Crippen LogP) is 5.76. The van der Waals surface area contributed by atoms with Crippen molar-refractivity contribution in [2.45, 2.75) is 33.8 Å². The Balaban J connectivity index is 1.55. The fourth-order valence-electron chi connectivity index (χ4n) is 3.51. The van der Waals surface area contributed by atoms with Gasteiger partial charge in [-0.3, -0.25) is 5.41 Å². The molecule has 0 amide bonds. The van der Waals surface area contributed by atoms with E-state index >= 15 is 0 Å². The predicted molar refractivity (Wildman–Crippen MR) is 129 cm³/mol. The van der Waals surface area contributed by atoms with Crippen molar-refractivity contribution in [2.75, 3.05) is 11.4 Å². The number of nitrogens with zero attached hydrogens (tertiary/aromatic N) is 2. The van der Waals surface area contributed by atoms with Crippen LogP contribution < -0.4 is 4.90 Å². The molecule has 2 N–H and O–H groups in total. The summed E-state index contributed by atoms with van der Waals surface area (Å²) < 4.78 is 5.22. The number of aliphatic hydroxyl groups is 1. The normalized spacial score (nSPS) is 13.9. The molecule has 0 bridgehead atoms. The van der Waals surface area contributed by atoms with E-state index in [2.05, 4.69) is 26.0 Å². The van der Waals surface area contributed by atoms with Gasteiger partial charge >= 0.3 is 5.97 Å². The Morgan fingerprint density at radius 2 is 1.88 bits per heavy atom. The van der Waals surface area contributed by atoms with Gasteiger partial charge in [0.1, 0.15) is 16.6 Å². The van der Waals surface area contributed by atoms with E-state index in [4.69, 9.17) is 15.1 Å². The number of aryl methyl sites for hydroxylation is 2. The van der Waals surface area contributed by atoms with Crippen LogP contribution in [0.3, 0.4) is 0 Å². The number of anilines is 1. The summed E-state index contributed by atoms with van der Waals surface area (Å²) in [6, 6.07) is 13.1. The smallest absolute Gasteiger partial charge is 0.338 e. The Bertz CT molecular complexity index is 1230. The average molecular weight is 448 g/mol. The van der Waals surface area contributed by atoms with Gasteiger partial charge in [0, 0.05) is 16.6 Å². The molecule has 0 fully saturated rings. The summed E-state index contributed by atoms with van der Waals surface area (Å²) in [5, 5.41) is 21.9. The zero-order valence-corrected chi connectivity index (χ0v) is 19.3. The highest BCUT2D eigenvalue weighted by Gasteiger charge is 2.31. The van der Waals surface area contributed by atoms with E-state index in [9.17, 15) is 9.90 Å². The molecule has 0 atom stereocenters. The molecule has 0 unspecified atom stereocenters. The molecule has 0 aliphatic carbocycles. The quantitative estimate of drug-likeness (QED) is 0.486. The van der Waals surface area contributed by atoms with Crippen LogP contribution >= 0.6 is 11.3 Å². The van der Waals surface area contributed by atoms with Gasteiger partial charge in [-0.25, -0.2) is 9.78 Å². The minimum atomic E-state index is -0.383. The minimum Gasteiger partial charge on any atom is -0.510 e. The van der Waals surface area contributed by atoms with Crippen molar-refractivity contribution < 1.29 is 14.6 Å². The Labute approximate surface area is 191 Å². The van der Waals surface area contributed by atoms with Crippen LogP contribution in [-0.4, -0.2) is 34.5 Å². The number of nitrogens with one attached hydrogen (secondary N) is 1. The molecule has 7 heteroatoms. The summed E-state index contributed by atoms with van der Waals surface area (Å²) >= 11 is 1.41. The Morgan fingerprint density at radius 1 is 1.16 bits per heavy atom. The summed E-state index contributed by atoms with van der Waals surface area (Å²) in [6.07, 6.45) is -0.190. The lowest BCUT2D eigenvalue weighted by atomic mass is 10.1. The molecule has 0 saturated carbocycles. The molecule has 6 nitrogen and oxygen atoms in total. The zero-order chi connectivity index (χ0) is 23.0. The summed E-state index contributed by atoms with van der Waals surface area (Å²) in [6.45, 7) is 7.93. The van der Waals surface area contributed by atoms with Crippen LogP contribution in [-0.2, 0) is 4.74 Å². The van der Waals surface area contributed by atoms with Gasteiger partial charge in [-0.15, -0.1) is 11.3 Å². The summed E-state index contributed by atoms with van der Waals surface area (Å²) in [5.41, 5.74) is 5.86. The van der Waals surface area contributed by atoms with Crippen molar-refractivity contribution >= 4 is 34.4 Å². The molecule has 1 aliphatic heterocycles.